The predicted molar refractivity (Wildman–Crippen MR) is 264 cm³/mol. The number of amides is 4. The fourth-order valence-electron chi connectivity index (χ4n) is 7.25. The molecule has 4 aromatic carbocycles. The van der Waals surface area contributed by atoms with Gasteiger partial charge in [-0.2, -0.15) is 0 Å². The number of benzene rings is 4. The Labute approximate surface area is 410 Å². The van der Waals surface area contributed by atoms with E-state index in [1.807, 2.05) is 62.4 Å². The molecule has 370 valence electrons. The number of aliphatic hydroxyl groups is 3. The van der Waals surface area contributed by atoms with Crippen molar-refractivity contribution in [3.63, 3.8) is 0 Å². The lowest BCUT2D eigenvalue weighted by molar-refractivity contribution is -0.174. The van der Waals surface area contributed by atoms with Crippen LogP contribution in [0, 0.1) is 23.7 Å². The highest BCUT2D eigenvalue weighted by Gasteiger charge is 2.47. The summed E-state index contributed by atoms with van der Waals surface area (Å²) in [4.78, 5) is 78.8. The van der Waals surface area contributed by atoms with Crippen molar-refractivity contribution in [1.82, 2.24) is 20.4 Å². The highest BCUT2D eigenvalue weighted by Crippen LogP contribution is 2.23. The Morgan fingerprint density at radius 3 is 1.30 bits per heavy atom. The quantitative estimate of drug-likeness (QED) is 0.0754. The topological polar surface area (TPSA) is 212 Å². The van der Waals surface area contributed by atoms with Crippen LogP contribution in [0.4, 0.5) is 0 Å². The van der Waals surface area contributed by atoms with Gasteiger partial charge in [-0.3, -0.25) is 28.8 Å². The average Bonchev–Trinajstić information content (AvgIpc) is 3.41. The lowest BCUT2D eigenvalue weighted by Gasteiger charge is -2.36. The van der Waals surface area contributed by atoms with E-state index in [0.29, 0.717) is 42.6 Å². The molecule has 70 heavy (non-hydrogen) atoms. The first-order valence-corrected chi connectivity index (χ1v) is 23.1. The molecule has 0 spiro atoms. The van der Waals surface area contributed by atoms with Crippen molar-refractivity contribution in [2.75, 3.05) is 48.0 Å². The highest BCUT2D eigenvalue weighted by molar-refractivity contribution is 6.15. The van der Waals surface area contributed by atoms with Crippen LogP contribution in [0.1, 0.15) is 126 Å². The lowest BCUT2D eigenvalue weighted by atomic mass is 9.92. The number of ketones is 2. The Morgan fingerprint density at radius 2 is 0.986 bits per heavy atom. The van der Waals surface area contributed by atoms with Gasteiger partial charge in [-0.15, -0.1) is 0 Å². The van der Waals surface area contributed by atoms with E-state index in [1.165, 1.54) is 42.0 Å². The Kier molecular flexibility index (Phi) is 20.8. The number of rotatable bonds is 16. The molecule has 5 rings (SSSR count). The monoisotopic (exact) mass is 956 g/mol. The van der Waals surface area contributed by atoms with Gasteiger partial charge in [-0.1, -0.05) is 61.8 Å². The maximum absolute atomic E-state index is 13.3. The van der Waals surface area contributed by atoms with Gasteiger partial charge in [-0.05, 0) is 130 Å². The predicted octanol–water partition coefficient (Wildman–Crippen LogP) is 4.89. The second-order valence-electron chi connectivity index (χ2n) is 16.9. The molecule has 1 heterocycles. The fourth-order valence-corrected chi connectivity index (χ4v) is 7.25. The summed E-state index contributed by atoms with van der Waals surface area (Å²) >= 11 is 0. The van der Waals surface area contributed by atoms with Crippen LogP contribution in [0.25, 0.3) is 0 Å². The SMILES string of the molecule is CC[C@@H](O)c1ccc(C#Cc2ccc(C(=O)N(C)[C@](C)(C(=O)CO)C(=O)NC)cc2)cc1.CC[C@@H](O)c1ccc(C#Cc2ccc(C(=O)N(C)[C@](C)(C(=O)COC3CCCCO3)C(=O)NC)cc2)cc1. The highest BCUT2D eigenvalue weighted by atomic mass is 16.7. The van der Waals surface area contributed by atoms with E-state index >= 15 is 0 Å². The third-order valence-corrected chi connectivity index (χ3v) is 12.4. The molecule has 1 fully saturated rings. The maximum Gasteiger partial charge on any atom is 0.254 e. The maximum atomic E-state index is 13.3. The zero-order chi connectivity index (χ0) is 51.6. The fraction of sp³-hybridized carbons (Fsp3) is 0.382. The van der Waals surface area contributed by atoms with Crippen LogP contribution >= 0.6 is 0 Å². The van der Waals surface area contributed by atoms with Gasteiger partial charge in [0.25, 0.3) is 23.6 Å². The van der Waals surface area contributed by atoms with Gasteiger partial charge in [0.05, 0.1) is 12.2 Å². The van der Waals surface area contributed by atoms with Crippen molar-refractivity contribution in [3.05, 3.63) is 142 Å². The van der Waals surface area contributed by atoms with E-state index in [4.69, 9.17) is 9.47 Å². The standard InChI is InChI=1S/C30H36N2O6.C25H28N2O5/c1-5-25(33)23-15-11-21(12-16-23)9-10-22-13-17-24(18-14-22)28(35)32(4)30(2,29(36)31-3)26(34)20-38-27-8-6-7-19-37-27;1-5-21(29)19-12-8-17(9-13-19)6-7-18-10-14-20(15-11-18)23(31)27(4)25(2,22(30)16-28)24(32)26-3/h11-18,25,27,33H,5-8,19-20H2,1-4H3,(H,31,36);8-15,21,28-29H,5,16H2,1-4H3,(H,26,32)/t25-,27?,30-;21-,25-/m11/s1. The summed E-state index contributed by atoms with van der Waals surface area (Å²) in [6, 6.07) is 27.9. The van der Waals surface area contributed by atoms with Crippen molar-refractivity contribution < 1.29 is 53.6 Å². The number of carbonyl (C=O) groups is 6. The second kappa shape index (κ2) is 26.1. The van der Waals surface area contributed by atoms with E-state index in [1.54, 1.807) is 48.5 Å². The number of aliphatic hydroxyl groups excluding tert-OH is 3. The molecule has 4 aromatic rings. The van der Waals surface area contributed by atoms with Crippen LogP contribution < -0.4 is 10.6 Å². The van der Waals surface area contributed by atoms with Crippen molar-refractivity contribution in [3.8, 4) is 23.7 Å². The summed E-state index contributed by atoms with van der Waals surface area (Å²) in [5, 5.41) is 33.9. The van der Waals surface area contributed by atoms with Gasteiger partial charge in [0.15, 0.2) is 28.9 Å². The van der Waals surface area contributed by atoms with Crippen LogP contribution in [-0.2, 0) is 28.7 Å². The largest absolute Gasteiger partial charge is 0.388 e. The van der Waals surface area contributed by atoms with E-state index in [0.717, 1.165) is 44.9 Å². The Hall–Kier alpha value is -6.98. The average molecular weight is 957 g/mol. The number of hydrogen-bond acceptors (Lipinski definition) is 11. The molecule has 15 nitrogen and oxygen atoms in total. The molecule has 0 bridgehead atoms. The van der Waals surface area contributed by atoms with Crippen molar-refractivity contribution in [1.29, 1.82) is 0 Å². The van der Waals surface area contributed by atoms with Gasteiger partial charge < -0.3 is 45.2 Å². The van der Waals surface area contributed by atoms with Gasteiger partial charge in [0.1, 0.15) is 13.2 Å². The molecule has 0 saturated carbocycles. The molecule has 5 atom stereocenters. The molecule has 1 saturated heterocycles. The van der Waals surface area contributed by atoms with Crippen molar-refractivity contribution >= 4 is 35.2 Å². The smallest absolute Gasteiger partial charge is 0.254 e. The van der Waals surface area contributed by atoms with Crippen molar-refractivity contribution in [2.45, 2.75) is 89.4 Å². The number of carbonyl (C=O) groups excluding carboxylic acids is 6. The molecule has 0 radical (unpaired) electrons. The molecular weight excluding hydrogens is 893 g/mol. The van der Waals surface area contributed by atoms with Crippen molar-refractivity contribution in [2.24, 2.45) is 0 Å². The van der Waals surface area contributed by atoms with Crippen LogP contribution in [0.15, 0.2) is 97.1 Å². The van der Waals surface area contributed by atoms with Crippen LogP contribution in [0.5, 0.6) is 0 Å². The zero-order valence-electron chi connectivity index (χ0n) is 41.1. The number of ether oxygens (including phenoxy) is 2. The minimum absolute atomic E-state index is 0.275. The summed E-state index contributed by atoms with van der Waals surface area (Å²) in [5.74, 6) is 8.54. The molecular formula is C55H64N4O11. The van der Waals surface area contributed by atoms with Gasteiger partial charge in [-0.25, -0.2) is 0 Å². The van der Waals surface area contributed by atoms with Gasteiger partial charge >= 0.3 is 0 Å². The Balaban J connectivity index is 0.000000309. The van der Waals surface area contributed by atoms with E-state index in [-0.39, 0.29) is 12.2 Å². The number of nitrogens with zero attached hydrogens (tertiary/aromatic N) is 2. The lowest BCUT2D eigenvalue weighted by Crippen LogP contribution is -2.62. The van der Waals surface area contributed by atoms with Gasteiger partial charge in [0.2, 0.25) is 0 Å². The minimum Gasteiger partial charge on any atom is -0.388 e. The number of Topliss-reactive ketones (excluding diaryl/α,β-unsaturated/α-hetero) is 2. The number of likely N-dealkylation sites (N-methyl/N-ethyl adjacent to an activating group) is 4. The van der Waals surface area contributed by atoms with E-state index < -0.39 is 71.4 Å². The summed E-state index contributed by atoms with van der Waals surface area (Å²) in [6.45, 7) is 5.90. The van der Waals surface area contributed by atoms with Gasteiger partial charge in [0, 0.05) is 68.2 Å². The molecule has 15 heteroatoms. The first-order valence-electron chi connectivity index (χ1n) is 23.1. The summed E-state index contributed by atoms with van der Waals surface area (Å²) in [6.07, 6.45) is 2.39. The summed E-state index contributed by atoms with van der Waals surface area (Å²) < 4.78 is 11.1. The molecule has 1 aliphatic rings. The molecule has 5 N–H and O–H groups in total. The van der Waals surface area contributed by atoms with Crippen LogP contribution in [0.3, 0.4) is 0 Å². The molecule has 0 aliphatic carbocycles. The Morgan fingerprint density at radius 1 is 0.629 bits per heavy atom. The summed E-state index contributed by atoms with van der Waals surface area (Å²) in [7, 11) is 5.55. The third-order valence-electron chi connectivity index (χ3n) is 12.4. The molecule has 1 aliphatic heterocycles. The Bertz CT molecular complexity index is 2550. The van der Waals surface area contributed by atoms with Crippen LogP contribution in [0.2, 0.25) is 0 Å². The molecule has 1 unspecified atom stereocenters. The second-order valence-corrected chi connectivity index (χ2v) is 16.9. The first kappa shape index (κ1) is 55.6. The normalized spacial score (nSPS) is 15.4. The number of nitrogens with one attached hydrogen (secondary N) is 2. The molecule has 0 aromatic heterocycles. The number of hydrogen-bond donors (Lipinski definition) is 5. The van der Waals surface area contributed by atoms with Crippen LogP contribution in [-0.4, -0.2) is 126 Å². The van der Waals surface area contributed by atoms with E-state index in [9.17, 15) is 44.1 Å². The third kappa shape index (κ3) is 13.8. The summed E-state index contributed by atoms with van der Waals surface area (Å²) in [5.41, 5.74) is 1.66. The first-order chi connectivity index (χ1) is 33.4. The minimum atomic E-state index is -1.84. The molecule has 4 amide bonds. The zero-order valence-corrected chi connectivity index (χ0v) is 41.1. The van der Waals surface area contributed by atoms with E-state index in [2.05, 4.69) is 34.3 Å².